The summed E-state index contributed by atoms with van der Waals surface area (Å²) in [6.45, 7) is 1.34. The number of anilines is 1. The van der Waals surface area contributed by atoms with E-state index in [2.05, 4.69) is 15.6 Å². The van der Waals surface area contributed by atoms with Crippen molar-refractivity contribution in [2.24, 2.45) is 4.99 Å². The van der Waals surface area contributed by atoms with E-state index in [-0.39, 0.29) is 11.9 Å². The van der Waals surface area contributed by atoms with E-state index in [9.17, 15) is 4.39 Å². The van der Waals surface area contributed by atoms with Gasteiger partial charge >= 0.3 is 0 Å². The SMILES string of the molecule is CNCC1CN=C(c2ccccc2F)c2cc(Cl)ccc2N1. The fourth-order valence-corrected chi connectivity index (χ4v) is 2.81. The standard InChI is InChI=1S/C17H17ClFN3/c1-20-9-12-10-21-17(13-4-2-3-5-15(13)19)14-8-11(18)6-7-16(14)22-12/h2-8,12,20,22H,9-10H2,1H3. The number of fused-ring (bicyclic) bond motifs is 1. The molecule has 0 aliphatic carbocycles. The summed E-state index contributed by atoms with van der Waals surface area (Å²) in [6, 6.07) is 12.4. The Bertz CT molecular complexity index is 715. The van der Waals surface area contributed by atoms with Crippen molar-refractivity contribution in [2.45, 2.75) is 6.04 Å². The fourth-order valence-electron chi connectivity index (χ4n) is 2.64. The van der Waals surface area contributed by atoms with Crippen molar-refractivity contribution in [1.82, 2.24) is 5.32 Å². The molecule has 1 aliphatic rings. The zero-order valence-electron chi connectivity index (χ0n) is 12.2. The molecule has 22 heavy (non-hydrogen) atoms. The third-order valence-electron chi connectivity index (χ3n) is 3.65. The zero-order valence-corrected chi connectivity index (χ0v) is 13.0. The highest BCUT2D eigenvalue weighted by Crippen LogP contribution is 2.27. The molecular weight excluding hydrogens is 301 g/mol. The van der Waals surface area contributed by atoms with Crippen LogP contribution in [0, 0.1) is 5.82 Å². The molecule has 0 saturated heterocycles. The van der Waals surface area contributed by atoms with Crippen LogP contribution in [0.1, 0.15) is 11.1 Å². The van der Waals surface area contributed by atoms with Gasteiger partial charge in [-0.15, -0.1) is 0 Å². The largest absolute Gasteiger partial charge is 0.379 e. The number of nitrogens with one attached hydrogen (secondary N) is 2. The lowest BCUT2D eigenvalue weighted by atomic mass is 10.00. The van der Waals surface area contributed by atoms with Gasteiger partial charge in [-0.2, -0.15) is 0 Å². The Balaban J connectivity index is 2.12. The van der Waals surface area contributed by atoms with Crippen LogP contribution in [-0.2, 0) is 0 Å². The second kappa shape index (κ2) is 6.46. The first-order valence-electron chi connectivity index (χ1n) is 7.19. The number of likely N-dealkylation sites (N-methyl/N-ethyl adjacent to an activating group) is 1. The molecule has 3 nitrogen and oxygen atoms in total. The van der Waals surface area contributed by atoms with Crippen molar-refractivity contribution in [3.63, 3.8) is 0 Å². The number of rotatable bonds is 3. The highest BCUT2D eigenvalue weighted by molar-refractivity contribution is 6.31. The summed E-state index contributed by atoms with van der Waals surface area (Å²) in [5.74, 6) is -0.278. The van der Waals surface area contributed by atoms with Crippen LogP contribution < -0.4 is 10.6 Å². The second-order valence-electron chi connectivity index (χ2n) is 5.26. The van der Waals surface area contributed by atoms with Crippen LogP contribution in [0.15, 0.2) is 47.5 Å². The van der Waals surface area contributed by atoms with E-state index in [1.54, 1.807) is 12.1 Å². The molecule has 1 atom stereocenters. The number of aliphatic imine (C=N–C) groups is 1. The maximum Gasteiger partial charge on any atom is 0.132 e. The first-order chi connectivity index (χ1) is 10.7. The minimum Gasteiger partial charge on any atom is -0.379 e. The number of benzene rings is 2. The van der Waals surface area contributed by atoms with Crippen molar-refractivity contribution < 1.29 is 4.39 Å². The van der Waals surface area contributed by atoms with Crippen molar-refractivity contribution in [3.8, 4) is 0 Å². The summed E-state index contributed by atoms with van der Waals surface area (Å²) in [7, 11) is 1.90. The molecule has 1 heterocycles. The van der Waals surface area contributed by atoms with Gasteiger partial charge in [0, 0.05) is 28.4 Å². The van der Waals surface area contributed by atoms with Crippen molar-refractivity contribution >= 4 is 23.0 Å². The first-order valence-corrected chi connectivity index (χ1v) is 7.57. The Morgan fingerprint density at radius 3 is 2.86 bits per heavy atom. The van der Waals surface area contributed by atoms with Gasteiger partial charge in [-0.3, -0.25) is 4.99 Å². The van der Waals surface area contributed by atoms with Crippen molar-refractivity contribution in [2.75, 3.05) is 25.5 Å². The van der Waals surface area contributed by atoms with Gasteiger partial charge in [-0.05, 0) is 37.4 Å². The lowest BCUT2D eigenvalue weighted by Gasteiger charge is -2.17. The van der Waals surface area contributed by atoms with Crippen LogP contribution in [-0.4, -0.2) is 31.9 Å². The molecule has 0 radical (unpaired) electrons. The summed E-state index contributed by atoms with van der Waals surface area (Å²) in [6.07, 6.45) is 0. The molecule has 0 saturated carbocycles. The molecular formula is C17H17ClFN3. The molecule has 0 bridgehead atoms. The van der Waals surface area contributed by atoms with E-state index >= 15 is 0 Å². The molecule has 2 N–H and O–H groups in total. The summed E-state index contributed by atoms with van der Waals surface area (Å²) in [5.41, 5.74) is 2.89. The molecule has 2 aromatic rings. The van der Waals surface area contributed by atoms with Crippen LogP contribution in [0.3, 0.4) is 0 Å². The lowest BCUT2D eigenvalue weighted by Crippen LogP contribution is -2.33. The Morgan fingerprint density at radius 1 is 1.27 bits per heavy atom. The van der Waals surface area contributed by atoms with Gasteiger partial charge in [0.25, 0.3) is 0 Å². The average Bonchev–Trinajstić information content (AvgIpc) is 2.68. The molecule has 114 valence electrons. The second-order valence-corrected chi connectivity index (χ2v) is 5.69. The maximum absolute atomic E-state index is 14.2. The number of hydrogen-bond acceptors (Lipinski definition) is 3. The average molecular weight is 318 g/mol. The Labute approximate surface area is 134 Å². The van der Waals surface area contributed by atoms with Crippen molar-refractivity contribution in [1.29, 1.82) is 0 Å². The van der Waals surface area contributed by atoms with E-state index in [0.717, 1.165) is 17.8 Å². The van der Waals surface area contributed by atoms with Gasteiger partial charge in [0.15, 0.2) is 0 Å². The minimum atomic E-state index is -0.278. The van der Waals surface area contributed by atoms with Crippen LogP contribution >= 0.6 is 11.6 Å². The normalized spacial score (nSPS) is 17.2. The predicted octanol–water partition coefficient (Wildman–Crippen LogP) is 3.33. The van der Waals surface area contributed by atoms with Gasteiger partial charge in [0.1, 0.15) is 5.82 Å². The molecule has 0 fully saturated rings. The molecule has 0 amide bonds. The van der Waals surface area contributed by atoms with Gasteiger partial charge in [0.2, 0.25) is 0 Å². The summed E-state index contributed by atoms with van der Waals surface area (Å²) in [4.78, 5) is 4.65. The van der Waals surface area contributed by atoms with Crippen LogP contribution in [0.2, 0.25) is 5.02 Å². The molecule has 1 unspecified atom stereocenters. The number of benzodiazepines with no additional fused rings is 1. The number of hydrogen-bond donors (Lipinski definition) is 2. The van der Waals surface area contributed by atoms with E-state index < -0.39 is 0 Å². The fraction of sp³-hybridized carbons (Fsp3) is 0.235. The van der Waals surface area contributed by atoms with E-state index in [1.807, 2.05) is 31.3 Å². The third-order valence-corrected chi connectivity index (χ3v) is 3.88. The van der Waals surface area contributed by atoms with E-state index in [0.29, 0.717) is 22.8 Å². The molecule has 3 rings (SSSR count). The molecule has 0 spiro atoms. The minimum absolute atomic E-state index is 0.147. The smallest absolute Gasteiger partial charge is 0.132 e. The highest BCUT2D eigenvalue weighted by Gasteiger charge is 2.21. The van der Waals surface area contributed by atoms with Crippen LogP contribution in [0.25, 0.3) is 0 Å². The van der Waals surface area contributed by atoms with Gasteiger partial charge in [-0.1, -0.05) is 23.7 Å². The predicted molar refractivity (Wildman–Crippen MR) is 89.7 cm³/mol. The summed E-state index contributed by atoms with van der Waals surface area (Å²) in [5, 5.41) is 7.20. The van der Waals surface area contributed by atoms with Crippen LogP contribution in [0.4, 0.5) is 10.1 Å². The molecule has 1 aliphatic heterocycles. The number of halogens is 2. The lowest BCUT2D eigenvalue weighted by molar-refractivity contribution is 0.625. The summed E-state index contributed by atoms with van der Waals surface area (Å²) >= 11 is 6.13. The third kappa shape index (κ3) is 2.98. The molecule has 2 aromatic carbocycles. The highest BCUT2D eigenvalue weighted by atomic mass is 35.5. The Hall–Kier alpha value is -1.91. The quantitative estimate of drug-likeness (QED) is 0.911. The van der Waals surface area contributed by atoms with Gasteiger partial charge in [-0.25, -0.2) is 4.39 Å². The topological polar surface area (TPSA) is 36.4 Å². The number of nitrogens with zero attached hydrogens (tertiary/aromatic N) is 1. The van der Waals surface area contributed by atoms with Gasteiger partial charge in [0.05, 0.1) is 18.3 Å². The first kappa shape index (κ1) is 15.0. The van der Waals surface area contributed by atoms with E-state index in [4.69, 9.17) is 11.6 Å². The molecule has 0 aromatic heterocycles. The Kier molecular flexibility index (Phi) is 4.41. The van der Waals surface area contributed by atoms with Gasteiger partial charge < -0.3 is 10.6 Å². The van der Waals surface area contributed by atoms with Crippen LogP contribution in [0.5, 0.6) is 0 Å². The van der Waals surface area contributed by atoms with E-state index in [1.165, 1.54) is 6.07 Å². The van der Waals surface area contributed by atoms with Crippen molar-refractivity contribution in [3.05, 3.63) is 64.4 Å². The summed E-state index contributed by atoms with van der Waals surface area (Å²) < 4.78 is 14.2. The maximum atomic E-state index is 14.2. The Morgan fingerprint density at radius 2 is 2.09 bits per heavy atom. The monoisotopic (exact) mass is 317 g/mol. The molecule has 5 heteroatoms. The zero-order chi connectivity index (χ0) is 15.5.